The summed E-state index contributed by atoms with van der Waals surface area (Å²) < 4.78 is 6.36. The first kappa shape index (κ1) is 24.6. The zero-order chi connectivity index (χ0) is 24.4. The van der Waals surface area contributed by atoms with Gasteiger partial charge in [0.1, 0.15) is 5.82 Å². The number of benzene rings is 2. The number of allylic oxidation sites excluding steroid dienone is 1. The fourth-order valence-corrected chi connectivity index (χ4v) is 5.39. The molecule has 2 heterocycles. The summed E-state index contributed by atoms with van der Waals surface area (Å²) in [6.45, 7) is 5.39. The number of halogens is 2. The SMILES string of the molecule is CC1=C(C(=O)OC(C)C)C(c2cccc(Br)c2)c2c(nc(SCc3ccccc3Cl)[nH]c2=O)N1. The number of hydrogen-bond donors (Lipinski definition) is 2. The second-order valence-corrected chi connectivity index (χ2v) is 10.4. The van der Waals surface area contributed by atoms with Crippen molar-refractivity contribution in [3.05, 3.63) is 96.3 Å². The van der Waals surface area contributed by atoms with E-state index in [9.17, 15) is 9.59 Å². The molecule has 2 N–H and O–H groups in total. The number of aromatic nitrogens is 2. The molecular formula is C25H23BrClN3O3S. The van der Waals surface area contributed by atoms with Crippen molar-refractivity contribution >= 4 is 51.1 Å². The van der Waals surface area contributed by atoms with Gasteiger partial charge in [-0.15, -0.1) is 0 Å². The maximum atomic E-state index is 13.4. The fraction of sp³-hybridized carbons (Fsp3) is 0.240. The Labute approximate surface area is 215 Å². The number of esters is 1. The van der Waals surface area contributed by atoms with E-state index in [-0.39, 0.29) is 11.7 Å². The zero-order valence-electron chi connectivity index (χ0n) is 18.8. The number of hydrogen-bond acceptors (Lipinski definition) is 6. The van der Waals surface area contributed by atoms with Crippen LogP contribution < -0.4 is 10.9 Å². The minimum atomic E-state index is -0.626. The molecule has 1 aliphatic heterocycles. The highest BCUT2D eigenvalue weighted by molar-refractivity contribution is 9.10. The van der Waals surface area contributed by atoms with Crippen molar-refractivity contribution in [1.82, 2.24) is 9.97 Å². The number of nitrogens with one attached hydrogen (secondary N) is 2. The number of fused-ring (bicyclic) bond motifs is 1. The molecule has 1 aliphatic rings. The highest BCUT2D eigenvalue weighted by Gasteiger charge is 2.36. The molecule has 2 aromatic carbocycles. The molecule has 0 bridgehead atoms. The van der Waals surface area contributed by atoms with Gasteiger partial charge in [0.05, 0.1) is 23.2 Å². The number of anilines is 1. The normalized spacial score (nSPS) is 15.2. The molecule has 6 nitrogen and oxygen atoms in total. The van der Waals surface area contributed by atoms with E-state index in [0.29, 0.717) is 38.6 Å². The maximum absolute atomic E-state index is 13.4. The lowest BCUT2D eigenvalue weighted by Crippen LogP contribution is -2.31. The Morgan fingerprint density at radius 3 is 2.71 bits per heavy atom. The molecule has 1 atom stereocenters. The van der Waals surface area contributed by atoms with Crippen LogP contribution in [0.15, 0.2) is 74.2 Å². The van der Waals surface area contributed by atoms with E-state index in [2.05, 4.69) is 31.2 Å². The fourth-order valence-electron chi connectivity index (χ4n) is 3.83. The number of ether oxygens (including phenoxy) is 1. The first-order valence-electron chi connectivity index (χ1n) is 10.7. The monoisotopic (exact) mass is 559 g/mol. The van der Waals surface area contributed by atoms with Crippen LogP contribution in [0.4, 0.5) is 5.82 Å². The number of nitrogens with zero attached hydrogens (tertiary/aromatic N) is 1. The number of thioether (sulfide) groups is 1. The van der Waals surface area contributed by atoms with E-state index < -0.39 is 11.9 Å². The smallest absolute Gasteiger partial charge is 0.337 e. The molecule has 1 aromatic heterocycles. The van der Waals surface area contributed by atoms with Gasteiger partial charge < -0.3 is 15.0 Å². The zero-order valence-corrected chi connectivity index (χ0v) is 22.0. The quantitative estimate of drug-likeness (QED) is 0.210. The molecule has 9 heteroatoms. The lowest BCUT2D eigenvalue weighted by Gasteiger charge is -2.29. The Balaban J connectivity index is 1.77. The van der Waals surface area contributed by atoms with Crippen molar-refractivity contribution in [2.24, 2.45) is 0 Å². The highest BCUT2D eigenvalue weighted by atomic mass is 79.9. The molecule has 0 spiro atoms. The molecule has 0 fully saturated rings. The van der Waals surface area contributed by atoms with Crippen LogP contribution in [0.5, 0.6) is 0 Å². The van der Waals surface area contributed by atoms with Gasteiger partial charge in [0.25, 0.3) is 5.56 Å². The Morgan fingerprint density at radius 2 is 2.00 bits per heavy atom. The molecule has 0 amide bonds. The molecule has 1 unspecified atom stereocenters. The van der Waals surface area contributed by atoms with E-state index in [1.165, 1.54) is 11.8 Å². The predicted octanol–water partition coefficient (Wildman–Crippen LogP) is 6.26. The first-order valence-corrected chi connectivity index (χ1v) is 12.8. The number of carbonyl (C=O) groups excluding carboxylic acids is 1. The van der Waals surface area contributed by atoms with Gasteiger partial charge in [0.2, 0.25) is 0 Å². The van der Waals surface area contributed by atoms with Crippen LogP contribution in [0, 0.1) is 0 Å². The molecule has 0 saturated heterocycles. The van der Waals surface area contributed by atoms with Crippen LogP contribution in [-0.4, -0.2) is 22.0 Å². The molecule has 0 saturated carbocycles. The summed E-state index contributed by atoms with van der Waals surface area (Å²) in [5, 5.41) is 4.29. The van der Waals surface area contributed by atoms with Gasteiger partial charge >= 0.3 is 5.97 Å². The van der Waals surface area contributed by atoms with E-state index in [4.69, 9.17) is 16.3 Å². The third-order valence-corrected chi connectivity index (χ3v) is 7.07. The van der Waals surface area contributed by atoms with Gasteiger partial charge in [-0.2, -0.15) is 0 Å². The lowest BCUT2D eigenvalue weighted by molar-refractivity contribution is -0.143. The van der Waals surface area contributed by atoms with Crippen LogP contribution in [0.2, 0.25) is 5.02 Å². The third-order valence-electron chi connectivity index (χ3n) is 5.29. The van der Waals surface area contributed by atoms with Crippen LogP contribution in [-0.2, 0) is 15.3 Å². The van der Waals surface area contributed by atoms with Crippen LogP contribution in [0.1, 0.15) is 43.4 Å². The lowest BCUT2D eigenvalue weighted by atomic mass is 9.82. The average molecular weight is 561 g/mol. The standard InChI is InChI=1S/C25H23BrClN3O3S/c1-13(2)33-24(32)19-14(3)28-22-21(20(19)15-8-6-9-17(26)11-15)23(31)30-25(29-22)34-12-16-7-4-5-10-18(16)27/h4-11,13,20H,12H2,1-3H3,(H2,28,29,30,31). The van der Waals surface area contributed by atoms with Crippen molar-refractivity contribution in [1.29, 1.82) is 0 Å². The Bertz CT molecular complexity index is 1340. The van der Waals surface area contributed by atoms with E-state index >= 15 is 0 Å². The summed E-state index contributed by atoms with van der Waals surface area (Å²) in [7, 11) is 0. The van der Waals surface area contributed by atoms with E-state index in [1.807, 2.05) is 48.5 Å². The van der Waals surface area contributed by atoms with Crippen molar-refractivity contribution in [3.63, 3.8) is 0 Å². The molecule has 0 aliphatic carbocycles. The second kappa shape index (κ2) is 10.4. The van der Waals surface area contributed by atoms with Crippen molar-refractivity contribution in [3.8, 4) is 0 Å². The van der Waals surface area contributed by atoms with Gasteiger partial charge in [0, 0.05) is 20.9 Å². The average Bonchev–Trinajstić information content (AvgIpc) is 2.77. The minimum absolute atomic E-state index is 0.294. The van der Waals surface area contributed by atoms with Gasteiger partial charge in [-0.3, -0.25) is 4.79 Å². The van der Waals surface area contributed by atoms with Crippen LogP contribution in [0.3, 0.4) is 0 Å². The van der Waals surface area contributed by atoms with Gasteiger partial charge in [-0.05, 0) is 50.1 Å². The van der Waals surface area contributed by atoms with E-state index in [1.54, 1.807) is 20.8 Å². The van der Waals surface area contributed by atoms with Gasteiger partial charge in [-0.1, -0.05) is 69.6 Å². The second-order valence-electron chi connectivity index (χ2n) is 8.12. The number of carbonyl (C=O) groups is 1. The molecular weight excluding hydrogens is 538 g/mol. The number of rotatable bonds is 6. The van der Waals surface area contributed by atoms with Crippen molar-refractivity contribution in [2.75, 3.05) is 5.32 Å². The molecule has 176 valence electrons. The van der Waals surface area contributed by atoms with Gasteiger partial charge in [0.15, 0.2) is 5.16 Å². The summed E-state index contributed by atoms with van der Waals surface area (Å²) in [5.41, 5.74) is 2.79. The molecule has 3 aromatic rings. The molecule has 0 radical (unpaired) electrons. The van der Waals surface area contributed by atoms with Crippen molar-refractivity contribution < 1.29 is 9.53 Å². The van der Waals surface area contributed by atoms with Crippen LogP contribution in [0.25, 0.3) is 0 Å². The predicted molar refractivity (Wildman–Crippen MR) is 139 cm³/mol. The minimum Gasteiger partial charge on any atom is -0.460 e. The summed E-state index contributed by atoms with van der Waals surface area (Å²) in [6, 6.07) is 15.1. The summed E-state index contributed by atoms with van der Waals surface area (Å²) in [5.74, 6) is -0.114. The number of aromatic amines is 1. The largest absolute Gasteiger partial charge is 0.460 e. The third kappa shape index (κ3) is 5.24. The summed E-state index contributed by atoms with van der Waals surface area (Å²) >= 11 is 11.1. The number of H-pyrrole nitrogens is 1. The Morgan fingerprint density at radius 1 is 1.24 bits per heavy atom. The first-order chi connectivity index (χ1) is 16.2. The highest BCUT2D eigenvalue weighted by Crippen LogP contribution is 2.41. The van der Waals surface area contributed by atoms with Crippen LogP contribution >= 0.6 is 39.3 Å². The topological polar surface area (TPSA) is 84.1 Å². The van der Waals surface area contributed by atoms with Crippen molar-refractivity contribution in [2.45, 2.75) is 43.7 Å². The van der Waals surface area contributed by atoms with E-state index in [0.717, 1.165) is 15.6 Å². The Kier molecular flexibility index (Phi) is 7.50. The summed E-state index contributed by atoms with van der Waals surface area (Å²) in [4.78, 5) is 34.0. The van der Waals surface area contributed by atoms with Gasteiger partial charge in [-0.25, -0.2) is 9.78 Å². The molecule has 4 rings (SSSR count). The molecule has 34 heavy (non-hydrogen) atoms. The summed E-state index contributed by atoms with van der Waals surface area (Å²) in [6.07, 6.45) is -0.294. The maximum Gasteiger partial charge on any atom is 0.337 e. The Hall–Kier alpha value is -2.55.